The molecular weight excluding hydrogens is 336 g/mol. The molecule has 1 rings (SSSR count). The number of thiophene rings is 1. The second-order valence-corrected chi connectivity index (χ2v) is 8.85. The molecule has 0 N–H and O–H groups in total. The summed E-state index contributed by atoms with van der Waals surface area (Å²) in [5.74, 6) is 0. The van der Waals surface area contributed by atoms with Gasteiger partial charge < -0.3 is 0 Å². The average Bonchev–Trinajstić information content (AvgIpc) is 2.67. The van der Waals surface area contributed by atoms with Gasteiger partial charge in [-0.1, -0.05) is 45.7 Å². The van der Waals surface area contributed by atoms with Gasteiger partial charge in [0.05, 0.1) is 8.65 Å². The van der Waals surface area contributed by atoms with E-state index in [2.05, 4.69) is 71.7 Å². The van der Waals surface area contributed by atoms with E-state index in [1.807, 2.05) is 11.3 Å². The Morgan fingerprint density at radius 3 is 1.60 bits per heavy atom. The molecule has 1 unspecified atom stereocenters. The molecule has 0 aliphatic rings. The van der Waals surface area contributed by atoms with Gasteiger partial charge in [-0.25, -0.2) is 0 Å². The van der Waals surface area contributed by atoms with Crippen LogP contribution in [0.1, 0.15) is 50.3 Å². The zero-order valence-electron chi connectivity index (χ0n) is 9.73. The van der Waals surface area contributed by atoms with Crippen molar-refractivity contribution in [3.8, 4) is 0 Å². The molecule has 0 amide bonds. The normalized spacial score (nSPS) is 19.6. The Bertz CT molecular complexity index is 296. The lowest BCUT2D eigenvalue weighted by Crippen LogP contribution is -2.09. The third-order valence-corrected chi connectivity index (χ3v) is 7.08. The summed E-state index contributed by atoms with van der Waals surface area (Å²) in [4.78, 5) is 2.83. The van der Waals surface area contributed by atoms with Crippen LogP contribution in [0.4, 0.5) is 0 Å². The van der Waals surface area contributed by atoms with Gasteiger partial charge in [0.1, 0.15) is 0 Å². The lowest BCUT2D eigenvalue weighted by atomic mass is 10.1. The summed E-state index contributed by atoms with van der Waals surface area (Å²) in [6, 6.07) is 4.49. The van der Waals surface area contributed by atoms with Crippen LogP contribution in [0, 0.1) is 0 Å². The fourth-order valence-corrected chi connectivity index (χ4v) is 3.22. The second kappa shape index (κ2) is 4.89. The zero-order chi connectivity index (χ0) is 11.7. The van der Waals surface area contributed by atoms with Gasteiger partial charge in [-0.15, -0.1) is 11.3 Å². The second-order valence-electron chi connectivity index (χ2n) is 4.27. The first kappa shape index (κ1) is 13.7. The first-order chi connectivity index (χ1) is 6.83. The van der Waals surface area contributed by atoms with Crippen molar-refractivity contribution >= 4 is 43.2 Å². The van der Waals surface area contributed by atoms with Gasteiger partial charge >= 0.3 is 0 Å². The van der Waals surface area contributed by atoms with Crippen molar-refractivity contribution in [1.82, 2.24) is 0 Å². The summed E-state index contributed by atoms with van der Waals surface area (Å²) >= 11 is 9.47. The van der Waals surface area contributed by atoms with Gasteiger partial charge in [-0.05, 0) is 38.8 Å². The fourth-order valence-electron chi connectivity index (χ4n) is 1.25. The number of hydrogen-bond donors (Lipinski definition) is 0. The first-order valence-electron chi connectivity index (χ1n) is 5.32. The first-order valence-corrected chi connectivity index (χ1v) is 7.72. The summed E-state index contributed by atoms with van der Waals surface area (Å²) in [5.41, 5.74) is 0. The molecule has 15 heavy (non-hydrogen) atoms. The highest BCUT2D eigenvalue weighted by Crippen LogP contribution is 2.44. The van der Waals surface area contributed by atoms with Crippen LogP contribution in [-0.2, 0) is 8.65 Å². The van der Waals surface area contributed by atoms with E-state index < -0.39 is 0 Å². The molecule has 2 atom stereocenters. The lowest BCUT2D eigenvalue weighted by Gasteiger charge is -2.20. The van der Waals surface area contributed by atoms with E-state index in [4.69, 9.17) is 0 Å². The van der Waals surface area contributed by atoms with E-state index in [0.717, 1.165) is 12.8 Å². The standard InChI is InChI=1S/C12H18Br2S/c1-5-11(3,13)9-7-8-10(15-9)12(4,14)6-2/h7-8H,5-6H2,1-4H3/t11-,12?/m1/s1. The minimum atomic E-state index is 0.132. The molecule has 0 bridgehead atoms. The molecular formula is C12H18Br2S. The summed E-state index contributed by atoms with van der Waals surface area (Å²) in [5, 5.41) is 0. The predicted octanol–water partition coefficient (Wildman–Crippen LogP) is 5.79. The monoisotopic (exact) mass is 352 g/mol. The van der Waals surface area contributed by atoms with Crippen molar-refractivity contribution in [2.75, 3.05) is 0 Å². The Kier molecular flexibility index (Phi) is 4.47. The van der Waals surface area contributed by atoms with Gasteiger partial charge in [-0.3, -0.25) is 0 Å². The van der Waals surface area contributed by atoms with Gasteiger partial charge in [0.15, 0.2) is 0 Å². The van der Waals surface area contributed by atoms with Crippen LogP contribution in [0.5, 0.6) is 0 Å². The van der Waals surface area contributed by atoms with Crippen molar-refractivity contribution in [1.29, 1.82) is 0 Å². The molecule has 0 nitrogen and oxygen atoms in total. The van der Waals surface area contributed by atoms with Crippen LogP contribution >= 0.6 is 43.2 Å². The maximum absolute atomic E-state index is 3.79. The highest BCUT2D eigenvalue weighted by atomic mass is 79.9. The highest BCUT2D eigenvalue weighted by molar-refractivity contribution is 9.10. The van der Waals surface area contributed by atoms with Gasteiger partial charge in [0.2, 0.25) is 0 Å². The molecule has 1 aromatic rings. The number of hydrogen-bond acceptors (Lipinski definition) is 1. The summed E-state index contributed by atoms with van der Waals surface area (Å²) in [7, 11) is 0. The minimum Gasteiger partial charge on any atom is -0.142 e. The van der Waals surface area contributed by atoms with Gasteiger partial charge in [-0.2, -0.15) is 0 Å². The van der Waals surface area contributed by atoms with Crippen LogP contribution in [0.15, 0.2) is 12.1 Å². The molecule has 0 saturated heterocycles. The molecule has 0 saturated carbocycles. The van der Waals surface area contributed by atoms with Crippen LogP contribution in [0.25, 0.3) is 0 Å². The predicted molar refractivity (Wildman–Crippen MR) is 77.5 cm³/mol. The maximum Gasteiger partial charge on any atom is 0.0568 e. The van der Waals surface area contributed by atoms with E-state index in [9.17, 15) is 0 Å². The molecule has 3 heteroatoms. The fraction of sp³-hybridized carbons (Fsp3) is 0.667. The average molecular weight is 354 g/mol. The molecule has 0 radical (unpaired) electrons. The zero-order valence-corrected chi connectivity index (χ0v) is 13.7. The van der Waals surface area contributed by atoms with E-state index in [1.165, 1.54) is 9.75 Å². The smallest absolute Gasteiger partial charge is 0.0568 e. The topological polar surface area (TPSA) is 0 Å². The van der Waals surface area contributed by atoms with E-state index >= 15 is 0 Å². The van der Waals surface area contributed by atoms with Crippen LogP contribution in [0.3, 0.4) is 0 Å². The van der Waals surface area contributed by atoms with E-state index in [1.54, 1.807) is 0 Å². The molecule has 86 valence electrons. The van der Waals surface area contributed by atoms with Crippen LogP contribution < -0.4 is 0 Å². The van der Waals surface area contributed by atoms with Crippen molar-refractivity contribution in [3.05, 3.63) is 21.9 Å². The molecule has 0 aliphatic heterocycles. The van der Waals surface area contributed by atoms with Gasteiger partial charge in [0.25, 0.3) is 0 Å². The molecule has 0 aliphatic carbocycles. The van der Waals surface area contributed by atoms with Crippen molar-refractivity contribution in [3.63, 3.8) is 0 Å². The summed E-state index contributed by atoms with van der Waals surface area (Å²) in [6.45, 7) is 8.89. The largest absolute Gasteiger partial charge is 0.142 e. The third kappa shape index (κ3) is 3.07. The third-order valence-electron chi connectivity index (χ3n) is 2.96. The van der Waals surface area contributed by atoms with Crippen molar-refractivity contribution in [2.24, 2.45) is 0 Å². The number of alkyl halides is 2. The maximum atomic E-state index is 3.79. The molecule has 0 aromatic carbocycles. The van der Waals surface area contributed by atoms with E-state index in [-0.39, 0.29) is 8.65 Å². The van der Waals surface area contributed by atoms with E-state index in [0.29, 0.717) is 0 Å². The Hall–Kier alpha value is 0.660. The molecule has 0 fully saturated rings. The highest BCUT2D eigenvalue weighted by Gasteiger charge is 2.27. The van der Waals surface area contributed by atoms with Crippen LogP contribution in [-0.4, -0.2) is 0 Å². The Labute approximate surface area is 114 Å². The number of rotatable bonds is 4. The SMILES string of the molecule is CCC(C)(Br)c1ccc([C@](C)(Br)CC)s1. The van der Waals surface area contributed by atoms with Crippen molar-refractivity contribution < 1.29 is 0 Å². The van der Waals surface area contributed by atoms with Crippen molar-refractivity contribution in [2.45, 2.75) is 49.2 Å². The quantitative estimate of drug-likeness (QED) is 0.601. The number of halogens is 2. The lowest BCUT2D eigenvalue weighted by molar-refractivity contribution is 0.693. The summed E-state index contributed by atoms with van der Waals surface area (Å²) in [6.07, 6.45) is 2.22. The molecule has 1 aromatic heterocycles. The molecule has 1 heterocycles. The van der Waals surface area contributed by atoms with Crippen LogP contribution in [0.2, 0.25) is 0 Å². The molecule has 0 spiro atoms. The minimum absolute atomic E-state index is 0.132. The summed E-state index contributed by atoms with van der Waals surface area (Å²) < 4.78 is 0.263. The Morgan fingerprint density at radius 1 is 1.00 bits per heavy atom. The Balaban J connectivity index is 3.00. The van der Waals surface area contributed by atoms with Gasteiger partial charge in [0, 0.05) is 9.75 Å². The Morgan fingerprint density at radius 2 is 1.33 bits per heavy atom.